The molecule has 2 aromatic heterocycles. The maximum absolute atomic E-state index is 11.9. The number of H-pyrrole nitrogens is 2. The van der Waals surface area contributed by atoms with Gasteiger partial charge in [0, 0.05) is 37.1 Å². The molecule has 7 nitrogen and oxygen atoms in total. The molecule has 2 N–H and O–H groups in total. The smallest absolute Gasteiger partial charge is 0.311 e. The van der Waals surface area contributed by atoms with Crippen molar-refractivity contribution in [2.75, 3.05) is 13.6 Å². The van der Waals surface area contributed by atoms with Crippen LogP contribution in [0.4, 0.5) is 0 Å². The first kappa shape index (κ1) is 16.7. The fraction of sp³-hybridized carbons (Fsp3) is 0.588. The van der Waals surface area contributed by atoms with Gasteiger partial charge in [0.15, 0.2) is 0 Å². The van der Waals surface area contributed by atoms with E-state index in [1.54, 1.807) is 6.92 Å². The van der Waals surface area contributed by atoms with Gasteiger partial charge in [-0.15, -0.1) is 0 Å². The minimum atomic E-state index is -0.345. The number of nitrogens with one attached hydrogen (secondary N) is 2. The monoisotopic (exact) mass is 331 g/mol. The summed E-state index contributed by atoms with van der Waals surface area (Å²) in [5.74, 6) is 0. The molecule has 0 atom stereocenters. The van der Waals surface area contributed by atoms with Crippen molar-refractivity contribution in [2.24, 2.45) is 0 Å². The second-order valence-electron chi connectivity index (χ2n) is 6.67. The van der Waals surface area contributed by atoms with Gasteiger partial charge in [0.2, 0.25) is 0 Å². The average Bonchev–Trinajstić information content (AvgIpc) is 2.74. The molecule has 3 rings (SSSR count). The number of fused-ring (bicyclic) bond motifs is 1. The zero-order valence-electron chi connectivity index (χ0n) is 14.4. The SMILES string of the molecule is Cc1cc(=O)n(CCN(C)Cc2n[nH]c3c2CCCCC3)c(=O)[nH]1. The number of hydrogen-bond donors (Lipinski definition) is 2. The summed E-state index contributed by atoms with van der Waals surface area (Å²) in [5.41, 5.74) is 3.74. The number of nitrogens with zero attached hydrogens (tertiary/aromatic N) is 3. The van der Waals surface area contributed by atoms with E-state index in [4.69, 9.17) is 0 Å². The Hall–Kier alpha value is -2.15. The van der Waals surface area contributed by atoms with Crippen LogP contribution in [0.25, 0.3) is 0 Å². The quantitative estimate of drug-likeness (QED) is 0.799. The van der Waals surface area contributed by atoms with Crippen LogP contribution in [0.3, 0.4) is 0 Å². The van der Waals surface area contributed by atoms with Crippen LogP contribution in [0.5, 0.6) is 0 Å². The Morgan fingerprint density at radius 3 is 2.83 bits per heavy atom. The summed E-state index contributed by atoms with van der Waals surface area (Å²) in [6.45, 7) is 3.43. The summed E-state index contributed by atoms with van der Waals surface area (Å²) in [6, 6.07) is 1.45. The van der Waals surface area contributed by atoms with Crippen molar-refractivity contribution < 1.29 is 0 Å². The van der Waals surface area contributed by atoms with Crippen molar-refractivity contribution in [1.29, 1.82) is 0 Å². The number of aryl methyl sites for hydroxylation is 2. The van der Waals surface area contributed by atoms with Crippen LogP contribution in [0.2, 0.25) is 0 Å². The van der Waals surface area contributed by atoms with Crippen molar-refractivity contribution >= 4 is 0 Å². The van der Waals surface area contributed by atoms with Crippen LogP contribution < -0.4 is 11.2 Å². The van der Waals surface area contributed by atoms with Crippen LogP contribution in [0, 0.1) is 6.92 Å². The van der Waals surface area contributed by atoms with Crippen molar-refractivity contribution in [2.45, 2.75) is 52.1 Å². The molecule has 0 radical (unpaired) electrons. The summed E-state index contributed by atoms with van der Waals surface area (Å²) in [7, 11) is 1.99. The van der Waals surface area contributed by atoms with Crippen LogP contribution in [-0.4, -0.2) is 38.2 Å². The van der Waals surface area contributed by atoms with Gasteiger partial charge in [0.25, 0.3) is 5.56 Å². The van der Waals surface area contributed by atoms with E-state index < -0.39 is 0 Å². The summed E-state index contributed by atoms with van der Waals surface area (Å²) in [5, 5.41) is 7.66. The Balaban J connectivity index is 1.65. The van der Waals surface area contributed by atoms with Crippen molar-refractivity contribution in [3.05, 3.63) is 49.5 Å². The standard InChI is InChI=1S/C17H25N5O2/c1-12-10-16(23)22(17(24)18-12)9-8-21(2)11-15-13-6-4-3-5-7-14(13)19-20-15/h10H,3-9,11H2,1-2H3,(H,18,24)(H,19,20). The zero-order valence-corrected chi connectivity index (χ0v) is 14.4. The van der Waals surface area contributed by atoms with Gasteiger partial charge in [0.1, 0.15) is 0 Å². The maximum atomic E-state index is 11.9. The second kappa shape index (κ2) is 7.17. The number of likely N-dealkylation sites (N-methyl/N-ethyl adjacent to an activating group) is 1. The minimum Gasteiger partial charge on any atom is -0.311 e. The molecule has 0 aliphatic heterocycles. The summed E-state index contributed by atoms with van der Waals surface area (Å²) in [6.07, 6.45) is 5.89. The van der Waals surface area contributed by atoms with Crippen LogP contribution in [0.15, 0.2) is 15.7 Å². The lowest BCUT2D eigenvalue weighted by molar-refractivity contribution is 0.302. The summed E-state index contributed by atoms with van der Waals surface area (Å²) < 4.78 is 1.24. The van der Waals surface area contributed by atoms with E-state index in [9.17, 15) is 9.59 Å². The lowest BCUT2D eigenvalue weighted by Gasteiger charge is -2.16. The molecule has 0 spiro atoms. The highest BCUT2D eigenvalue weighted by molar-refractivity contribution is 5.26. The molecule has 0 bridgehead atoms. The Morgan fingerprint density at radius 2 is 2.04 bits per heavy atom. The van der Waals surface area contributed by atoms with E-state index in [-0.39, 0.29) is 11.2 Å². The zero-order chi connectivity index (χ0) is 17.1. The molecule has 0 saturated heterocycles. The van der Waals surface area contributed by atoms with Gasteiger partial charge in [-0.2, -0.15) is 5.10 Å². The first-order valence-electron chi connectivity index (χ1n) is 8.59. The largest absolute Gasteiger partial charge is 0.328 e. The fourth-order valence-electron chi connectivity index (χ4n) is 3.31. The fourth-order valence-corrected chi connectivity index (χ4v) is 3.31. The molecule has 0 fully saturated rings. The predicted octanol–water partition coefficient (Wildman–Crippen LogP) is 0.969. The Kier molecular flexibility index (Phi) is 4.99. The van der Waals surface area contributed by atoms with Gasteiger partial charge in [-0.1, -0.05) is 6.42 Å². The van der Waals surface area contributed by atoms with E-state index in [1.807, 2.05) is 7.05 Å². The van der Waals surface area contributed by atoms with E-state index in [0.29, 0.717) is 18.8 Å². The average molecular weight is 331 g/mol. The molecule has 130 valence electrons. The van der Waals surface area contributed by atoms with E-state index in [2.05, 4.69) is 20.1 Å². The molecule has 7 heteroatoms. The molecule has 2 aromatic rings. The Labute approximate surface area is 140 Å². The van der Waals surface area contributed by atoms with Crippen LogP contribution in [0.1, 0.15) is 41.9 Å². The van der Waals surface area contributed by atoms with Gasteiger partial charge in [-0.25, -0.2) is 4.79 Å². The van der Waals surface area contributed by atoms with Crippen molar-refractivity contribution in [1.82, 2.24) is 24.6 Å². The number of rotatable bonds is 5. The highest BCUT2D eigenvalue weighted by Crippen LogP contribution is 2.22. The van der Waals surface area contributed by atoms with Crippen LogP contribution in [-0.2, 0) is 25.9 Å². The molecule has 0 unspecified atom stereocenters. The summed E-state index contributed by atoms with van der Waals surface area (Å²) >= 11 is 0. The molecule has 0 saturated carbocycles. The second-order valence-corrected chi connectivity index (χ2v) is 6.67. The highest BCUT2D eigenvalue weighted by Gasteiger charge is 2.16. The van der Waals surface area contributed by atoms with Crippen molar-refractivity contribution in [3.8, 4) is 0 Å². The predicted molar refractivity (Wildman–Crippen MR) is 92.2 cm³/mol. The molecule has 0 amide bonds. The van der Waals surface area contributed by atoms with Gasteiger partial charge >= 0.3 is 5.69 Å². The third-order valence-electron chi connectivity index (χ3n) is 4.67. The topological polar surface area (TPSA) is 86.8 Å². The Bertz CT molecular complexity index is 786. The molecule has 1 aliphatic rings. The normalized spacial score (nSPS) is 14.6. The van der Waals surface area contributed by atoms with E-state index >= 15 is 0 Å². The maximum Gasteiger partial charge on any atom is 0.328 e. The molecule has 2 heterocycles. The number of hydrogen-bond acceptors (Lipinski definition) is 4. The lowest BCUT2D eigenvalue weighted by atomic mass is 10.1. The molecule has 1 aliphatic carbocycles. The molecular weight excluding hydrogens is 306 g/mol. The van der Waals surface area contributed by atoms with Gasteiger partial charge < -0.3 is 4.98 Å². The highest BCUT2D eigenvalue weighted by atomic mass is 16.2. The Morgan fingerprint density at radius 1 is 1.25 bits per heavy atom. The first-order chi connectivity index (χ1) is 11.5. The number of aromatic amines is 2. The third-order valence-corrected chi connectivity index (χ3v) is 4.67. The third kappa shape index (κ3) is 3.67. The minimum absolute atomic E-state index is 0.252. The van der Waals surface area contributed by atoms with Crippen LogP contribution >= 0.6 is 0 Å². The van der Waals surface area contributed by atoms with E-state index in [0.717, 1.165) is 25.1 Å². The summed E-state index contributed by atoms with van der Waals surface area (Å²) in [4.78, 5) is 28.6. The molecular formula is C17H25N5O2. The van der Waals surface area contributed by atoms with Gasteiger partial charge in [0.05, 0.1) is 5.69 Å². The molecule has 0 aromatic carbocycles. The van der Waals surface area contributed by atoms with E-state index in [1.165, 1.54) is 41.2 Å². The lowest BCUT2D eigenvalue weighted by Crippen LogP contribution is -2.38. The number of aromatic nitrogens is 4. The molecule has 24 heavy (non-hydrogen) atoms. The first-order valence-corrected chi connectivity index (χ1v) is 8.59. The van der Waals surface area contributed by atoms with Gasteiger partial charge in [-0.3, -0.25) is 19.4 Å². The van der Waals surface area contributed by atoms with Gasteiger partial charge in [-0.05, 0) is 45.2 Å². The van der Waals surface area contributed by atoms with Crippen molar-refractivity contribution in [3.63, 3.8) is 0 Å².